The first kappa shape index (κ1) is 35.0. The van der Waals surface area contributed by atoms with Crippen molar-refractivity contribution in [3.63, 3.8) is 0 Å². The fourth-order valence-corrected chi connectivity index (χ4v) is 15.2. The second kappa shape index (κ2) is 18.2. The summed E-state index contributed by atoms with van der Waals surface area (Å²) in [4.78, 5) is 0. The van der Waals surface area contributed by atoms with E-state index in [1.165, 1.54) is 55.9 Å². The second-order valence-corrected chi connectivity index (χ2v) is 21.2. The molecule has 0 fully saturated rings. The van der Waals surface area contributed by atoms with Gasteiger partial charge in [-0.2, -0.15) is 0 Å². The minimum Gasteiger partial charge on any atom is -0.0622 e. The Balaban J connectivity index is 0.000000182. The maximum absolute atomic E-state index is 7.25. The van der Waals surface area contributed by atoms with E-state index < -0.39 is 6.62 Å². The van der Waals surface area contributed by atoms with Gasteiger partial charge in [0.05, 0.1) is 0 Å². The molecule has 0 bridgehead atoms. The van der Waals surface area contributed by atoms with Gasteiger partial charge in [-0.15, -0.1) is 0 Å². The van der Waals surface area contributed by atoms with Gasteiger partial charge < -0.3 is 0 Å². The van der Waals surface area contributed by atoms with E-state index in [1.807, 2.05) is 18.2 Å². The van der Waals surface area contributed by atoms with E-state index in [-0.39, 0.29) is 15.8 Å². The van der Waals surface area contributed by atoms with Gasteiger partial charge >= 0.3 is 125 Å². The molecule has 0 aliphatic heterocycles. The smallest absolute Gasteiger partial charge is 0.0195 e. The minimum atomic E-state index is -2.41. The summed E-state index contributed by atoms with van der Waals surface area (Å²) >= 11 is 7.25. The molecular formula is C45H42ClP3. The Morgan fingerprint density at radius 2 is 0.510 bits per heavy atom. The van der Waals surface area contributed by atoms with E-state index in [9.17, 15) is 0 Å². The van der Waals surface area contributed by atoms with Crippen LogP contribution in [0.15, 0.2) is 212 Å². The zero-order valence-corrected chi connectivity index (χ0v) is 31.1. The fraction of sp³-hybridized carbons (Fsp3) is 0.0667. The van der Waals surface area contributed by atoms with Crippen LogP contribution in [0.3, 0.4) is 0 Å². The van der Waals surface area contributed by atoms with Crippen LogP contribution in [0.2, 0.25) is 0 Å². The van der Waals surface area contributed by atoms with E-state index in [2.05, 4.69) is 194 Å². The van der Waals surface area contributed by atoms with Crippen molar-refractivity contribution in [1.29, 1.82) is 0 Å². The molecule has 0 radical (unpaired) electrons. The summed E-state index contributed by atoms with van der Waals surface area (Å²) in [7, 11) is -0.618. The molecular weight excluding hydrogens is 669 g/mol. The van der Waals surface area contributed by atoms with E-state index in [4.69, 9.17) is 11.2 Å². The summed E-state index contributed by atoms with van der Waals surface area (Å²) in [5.41, 5.74) is 0. The molecule has 0 atom stereocenters. The van der Waals surface area contributed by atoms with Gasteiger partial charge in [0.2, 0.25) is 0 Å². The van der Waals surface area contributed by atoms with Gasteiger partial charge in [0.25, 0.3) is 0 Å². The van der Waals surface area contributed by atoms with Crippen LogP contribution in [0.1, 0.15) is 6.42 Å². The van der Waals surface area contributed by atoms with Crippen LogP contribution in [0, 0.1) is 0 Å². The number of halogens is 1. The van der Waals surface area contributed by atoms with Crippen molar-refractivity contribution in [3.05, 3.63) is 212 Å². The Labute approximate surface area is 300 Å². The Morgan fingerprint density at radius 1 is 0.306 bits per heavy atom. The van der Waals surface area contributed by atoms with Crippen LogP contribution in [0.5, 0.6) is 0 Å². The molecule has 0 saturated carbocycles. The Kier molecular flexibility index (Phi) is 13.0. The van der Waals surface area contributed by atoms with Gasteiger partial charge in [-0.05, 0) is 55.8 Å². The molecule has 4 heteroatoms. The molecule has 0 saturated heterocycles. The molecule has 7 rings (SSSR count). The fourth-order valence-electron chi connectivity index (χ4n) is 6.14. The Bertz CT molecular complexity index is 1670. The molecule has 244 valence electrons. The van der Waals surface area contributed by atoms with Crippen molar-refractivity contribution in [2.24, 2.45) is 0 Å². The molecule has 0 unspecified atom stereocenters. The SMILES string of the molecule is Cl[PH](c1ccccc1)(c1ccccc1)c1ccccc1.c1ccc(P(CCCP(c2ccccc2)c2ccccc2)c2ccccc2)cc1. The third-order valence-corrected chi connectivity index (χ3v) is 19.1. The van der Waals surface area contributed by atoms with Crippen LogP contribution < -0.4 is 37.1 Å². The quantitative estimate of drug-likeness (QED) is 0.117. The largest absolute Gasteiger partial charge is 0.0622 e. The third-order valence-electron chi connectivity index (χ3n) is 8.55. The standard InChI is InChI=1S/C27H26P2.C18H16ClP/c1-5-14-24(15-6-1)28(25-16-7-2-8-17-25)22-13-23-29(26-18-9-3-10-19-26)27-20-11-4-12-21-27;19-20(16-10-4-1-5-11-16,17-12-6-2-7-13-17)18-14-8-3-9-15-18/h1-12,14-21H,13,22-23H2;1-15,20H. The molecule has 0 amide bonds. The Morgan fingerprint density at radius 3 is 0.735 bits per heavy atom. The zero-order chi connectivity index (χ0) is 33.6. The topological polar surface area (TPSA) is 0 Å². The molecule has 0 aliphatic carbocycles. The molecule has 0 heterocycles. The molecule has 0 aliphatic rings. The predicted molar refractivity (Wildman–Crippen MR) is 225 cm³/mol. The normalized spacial score (nSPS) is 11.5. The van der Waals surface area contributed by atoms with Gasteiger partial charge in [-0.25, -0.2) is 0 Å². The number of benzene rings is 7. The van der Waals surface area contributed by atoms with E-state index in [1.54, 1.807) is 0 Å². The zero-order valence-electron chi connectivity index (χ0n) is 27.6. The summed E-state index contributed by atoms with van der Waals surface area (Å²) in [5, 5.41) is 9.60. The van der Waals surface area contributed by atoms with Crippen LogP contribution >= 0.6 is 33.7 Å². The molecule has 0 aromatic heterocycles. The maximum Gasteiger partial charge on any atom is -0.0195 e. The minimum absolute atomic E-state index is 0.309. The maximum atomic E-state index is 7.25. The Hall–Kier alpha value is -3.88. The van der Waals surface area contributed by atoms with Crippen molar-refractivity contribution in [2.75, 3.05) is 12.3 Å². The van der Waals surface area contributed by atoms with Gasteiger partial charge in [0.15, 0.2) is 0 Å². The first-order valence-electron chi connectivity index (χ1n) is 16.8. The van der Waals surface area contributed by atoms with Crippen molar-refractivity contribution in [1.82, 2.24) is 0 Å². The summed E-state index contributed by atoms with van der Waals surface area (Å²) in [6.45, 7) is -2.41. The molecule has 0 spiro atoms. The average molecular weight is 711 g/mol. The van der Waals surface area contributed by atoms with Crippen molar-refractivity contribution >= 4 is 70.8 Å². The van der Waals surface area contributed by atoms with Crippen molar-refractivity contribution in [3.8, 4) is 0 Å². The van der Waals surface area contributed by atoms with E-state index in [0.717, 1.165) is 0 Å². The second-order valence-electron chi connectivity index (χ2n) is 11.8. The number of hydrogen-bond acceptors (Lipinski definition) is 0. The van der Waals surface area contributed by atoms with Crippen LogP contribution in [-0.4, -0.2) is 12.3 Å². The van der Waals surface area contributed by atoms with E-state index >= 15 is 0 Å². The molecule has 0 nitrogen and oxygen atoms in total. The first-order chi connectivity index (χ1) is 24.2. The summed E-state index contributed by atoms with van der Waals surface area (Å²) in [6.07, 6.45) is 3.72. The molecule has 7 aromatic rings. The average Bonchev–Trinajstić information content (AvgIpc) is 3.20. The van der Waals surface area contributed by atoms with Gasteiger partial charge in [0.1, 0.15) is 0 Å². The van der Waals surface area contributed by atoms with E-state index in [0.29, 0.717) is 0 Å². The summed E-state index contributed by atoms with van der Waals surface area (Å²) in [6, 6.07) is 75.6. The summed E-state index contributed by atoms with van der Waals surface area (Å²) < 4.78 is 0. The van der Waals surface area contributed by atoms with Gasteiger partial charge in [0, 0.05) is 0 Å². The third kappa shape index (κ3) is 9.22. The first-order valence-corrected chi connectivity index (χ1v) is 22.9. The number of hydrogen-bond donors (Lipinski definition) is 0. The predicted octanol–water partition coefficient (Wildman–Crippen LogP) is 9.51. The monoisotopic (exact) mass is 710 g/mol. The molecule has 0 N–H and O–H groups in total. The molecule has 49 heavy (non-hydrogen) atoms. The van der Waals surface area contributed by atoms with Crippen LogP contribution in [0.25, 0.3) is 0 Å². The molecule has 7 aromatic carbocycles. The number of rotatable bonds is 11. The van der Waals surface area contributed by atoms with Crippen LogP contribution in [-0.2, 0) is 0 Å². The van der Waals surface area contributed by atoms with Gasteiger partial charge in [-0.3, -0.25) is 0 Å². The van der Waals surface area contributed by atoms with Crippen molar-refractivity contribution < 1.29 is 0 Å². The van der Waals surface area contributed by atoms with Gasteiger partial charge in [-0.1, -0.05) is 121 Å². The van der Waals surface area contributed by atoms with Crippen molar-refractivity contribution in [2.45, 2.75) is 6.42 Å². The van der Waals surface area contributed by atoms with Crippen LogP contribution in [0.4, 0.5) is 0 Å². The summed E-state index contributed by atoms with van der Waals surface area (Å²) in [5.74, 6) is 0.